The molecule has 15 heavy (non-hydrogen) atoms. The summed E-state index contributed by atoms with van der Waals surface area (Å²) in [4.78, 5) is 0. The lowest BCUT2D eigenvalue weighted by atomic mass is 9.76. The van der Waals surface area contributed by atoms with E-state index in [1.54, 1.807) is 0 Å². The van der Waals surface area contributed by atoms with Gasteiger partial charge in [0, 0.05) is 17.5 Å². The van der Waals surface area contributed by atoms with Gasteiger partial charge in [-0.2, -0.15) is 0 Å². The minimum Gasteiger partial charge on any atom is -0.205 e. The summed E-state index contributed by atoms with van der Waals surface area (Å²) >= 11 is 0. The first-order valence-electron chi connectivity index (χ1n) is 5.73. The Balaban J connectivity index is 2.65. The van der Waals surface area contributed by atoms with E-state index in [-0.39, 0.29) is 0 Å². The fraction of sp³-hybridized carbons (Fsp3) is 0.643. The molecule has 0 aromatic carbocycles. The van der Waals surface area contributed by atoms with Gasteiger partial charge in [-0.15, -0.1) is 0 Å². The van der Waals surface area contributed by atoms with Gasteiger partial charge < -0.3 is 0 Å². The summed E-state index contributed by atoms with van der Waals surface area (Å²) < 4.78 is 2.27. The van der Waals surface area contributed by atoms with Crippen molar-refractivity contribution < 1.29 is 4.57 Å². The van der Waals surface area contributed by atoms with E-state index in [0.717, 1.165) is 6.54 Å². The smallest absolute Gasteiger partial charge is 0.168 e. The van der Waals surface area contributed by atoms with Gasteiger partial charge in [-0.05, 0) is 11.8 Å². The molecule has 1 rings (SSSR count). The van der Waals surface area contributed by atoms with Gasteiger partial charge in [-0.25, -0.2) is 4.57 Å². The molecule has 0 atom stereocenters. The van der Waals surface area contributed by atoms with Crippen LogP contribution in [0.15, 0.2) is 30.6 Å². The fourth-order valence-corrected chi connectivity index (χ4v) is 2.53. The van der Waals surface area contributed by atoms with Crippen molar-refractivity contribution in [2.24, 2.45) is 10.8 Å². The quantitative estimate of drug-likeness (QED) is 0.667. The molecule has 0 fully saturated rings. The Labute approximate surface area is 94.1 Å². The van der Waals surface area contributed by atoms with Crippen molar-refractivity contribution >= 4 is 0 Å². The van der Waals surface area contributed by atoms with Gasteiger partial charge in [0.25, 0.3) is 0 Å². The second-order valence-electron chi connectivity index (χ2n) is 6.45. The zero-order chi connectivity index (χ0) is 11.5. The van der Waals surface area contributed by atoms with Crippen molar-refractivity contribution in [3.8, 4) is 0 Å². The van der Waals surface area contributed by atoms with Gasteiger partial charge >= 0.3 is 0 Å². The van der Waals surface area contributed by atoms with Gasteiger partial charge in [0.2, 0.25) is 0 Å². The van der Waals surface area contributed by atoms with E-state index in [1.165, 1.54) is 6.42 Å². The van der Waals surface area contributed by atoms with Crippen molar-refractivity contribution in [2.45, 2.75) is 47.6 Å². The number of rotatable bonds is 3. The summed E-state index contributed by atoms with van der Waals surface area (Å²) in [5, 5.41) is 0. The van der Waals surface area contributed by atoms with Crippen molar-refractivity contribution in [3.05, 3.63) is 30.6 Å². The molecule has 1 heteroatoms. The highest BCUT2D eigenvalue weighted by Crippen LogP contribution is 2.33. The van der Waals surface area contributed by atoms with Crippen molar-refractivity contribution in [1.82, 2.24) is 0 Å². The second-order valence-corrected chi connectivity index (χ2v) is 6.45. The zero-order valence-corrected chi connectivity index (χ0v) is 10.7. The first kappa shape index (κ1) is 12.2. The third-order valence-electron chi connectivity index (χ3n) is 2.40. The molecule has 0 radical (unpaired) electrons. The maximum atomic E-state index is 2.35. The van der Waals surface area contributed by atoms with E-state index < -0.39 is 0 Å². The molecule has 0 unspecified atom stereocenters. The molecule has 0 N–H and O–H groups in total. The molecule has 0 aliphatic heterocycles. The van der Waals surface area contributed by atoms with Crippen LogP contribution in [-0.4, -0.2) is 0 Å². The molecule has 84 valence electrons. The molecular formula is C14H24N+. The van der Waals surface area contributed by atoms with Gasteiger partial charge in [-0.3, -0.25) is 0 Å². The molecule has 1 heterocycles. The summed E-state index contributed by atoms with van der Waals surface area (Å²) in [6.07, 6.45) is 5.52. The molecule has 0 saturated carbocycles. The maximum absolute atomic E-state index is 2.35. The Morgan fingerprint density at radius 2 is 1.40 bits per heavy atom. The third kappa shape index (κ3) is 4.96. The van der Waals surface area contributed by atoms with Gasteiger partial charge in [0.15, 0.2) is 18.9 Å². The predicted octanol–water partition coefficient (Wildman–Crippen LogP) is 3.44. The summed E-state index contributed by atoms with van der Waals surface area (Å²) in [7, 11) is 0. The average molecular weight is 206 g/mol. The first-order valence-corrected chi connectivity index (χ1v) is 5.73. The van der Waals surface area contributed by atoms with Crippen LogP contribution in [-0.2, 0) is 6.54 Å². The number of aromatic nitrogens is 1. The predicted molar refractivity (Wildman–Crippen MR) is 64.5 cm³/mol. The number of hydrogen-bond donors (Lipinski definition) is 0. The highest BCUT2D eigenvalue weighted by atomic mass is 14.9. The van der Waals surface area contributed by atoms with Crippen LogP contribution in [0, 0.1) is 10.8 Å². The summed E-state index contributed by atoms with van der Waals surface area (Å²) in [6, 6.07) is 6.24. The standard InChI is InChI=1S/C14H24N/c1-13(2,3)11-14(4,5)12-15-9-7-6-8-10-15/h6-10H,11-12H2,1-5H3/q+1. The van der Waals surface area contributed by atoms with Crippen LogP contribution >= 0.6 is 0 Å². The molecule has 0 amide bonds. The second kappa shape index (κ2) is 4.34. The zero-order valence-electron chi connectivity index (χ0n) is 10.7. The lowest BCUT2D eigenvalue weighted by molar-refractivity contribution is -0.709. The molecule has 1 aromatic heterocycles. The van der Waals surface area contributed by atoms with E-state index in [9.17, 15) is 0 Å². The Morgan fingerprint density at radius 1 is 0.867 bits per heavy atom. The van der Waals surface area contributed by atoms with Crippen molar-refractivity contribution in [3.63, 3.8) is 0 Å². The van der Waals surface area contributed by atoms with Crippen LogP contribution in [0.4, 0.5) is 0 Å². The minimum absolute atomic E-state index is 0.351. The van der Waals surface area contributed by atoms with Crippen LogP contribution in [0.5, 0.6) is 0 Å². The molecule has 0 spiro atoms. The van der Waals surface area contributed by atoms with Crippen LogP contribution in [0.2, 0.25) is 0 Å². The van der Waals surface area contributed by atoms with Crippen LogP contribution in [0.25, 0.3) is 0 Å². The topological polar surface area (TPSA) is 3.88 Å². The third-order valence-corrected chi connectivity index (χ3v) is 2.40. The Bertz CT molecular complexity index is 293. The van der Waals surface area contributed by atoms with Crippen LogP contribution < -0.4 is 4.57 Å². The highest BCUT2D eigenvalue weighted by Gasteiger charge is 2.28. The maximum Gasteiger partial charge on any atom is 0.168 e. The van der Waals surface area contributed by atoms with E-state index in [2.05, 4.69) is 69.8 Å². The normalized spacial score (nSPS) is 12.9. The summed E-state index contributed by atoms with van der Waals surface area (Å²) in [5.41, 5.74) is 0.753. The summed E-state index contributed by atoms with van der Waals surface area (Å²) in [5.74, 6) is 0. The SMILES string of the molecule is CC(C)(C)CC(C)(C)C[n+]1ccccc1. The Morgan fingerprint density at radius 3 is 1.87 bits per heavy atom. The minimum atomic E-state index is 0.351. The largest absolute Gasteiger partial charge is 0.205 e. The van der Waals surface area contributed by atoms with Gasteiger partial charge in [0.05, 0.1) is 0 Å². The summed E-state index contributed by atoms with van der Waals surface area (Å²) in [6.45, 7) is 12.7. The number of pyridine rings is 1. The fourth-order valence-electron chi connectivity index (χ4n) is 2.53. The molecule has 0 aliphatic carbocycles. The number of nitrogens with zero attached hydrogens (tertiary/aromatic N) is 1. The Hall–Kier alpha value is -0.850. The molecule has 0 bridgehead atoms. The van der Waals surface area contributed by atoms with E-state index in [4.69, 9.17) is 0 Å². The molecular weight excluding hydrogens is 182 g/mol. The van der Waals surface area contributed by atoms with Gasteiger partial charge in [-0.1, -0.05) is 40.7 Å². The Kier molecular flexibility index (Phi) is 3.54. The van der Waals surface area contributed by atoms with Gasteiger partial charge in [0.1, 0.15) is 0 Å². The lowest BCUT2D eigenvalue weighted by Crippen LogP contribution is -2.41. The van der Waals surface area contributed by atoms with E-state index >= 15 is 0 Å². The molecule has 0 aliphatic rings. The molecule has 0 saturated heterocycles. The molecule has 1 nitrogen and oxygen atoms in total. The average Bonchev–Trinajstić information content (AvgIpc) is 1.99. The first-order chi connectivity index (χ1) is 6.79. The van der Waals surface area contributed by atoms with E-state index in [0.29, 0.717) is 10.8 Å². The highest BCUT2D eigenvalue weighted by molar-refractivity contribution is 4.84. The molecule has 1 aromatic rings. The van der Waals surface area contributed by atoms with Crippen molar-refractivity contribution in [2.75, 3.05) is 0 Å². The lowest BCUT2D eigenvalue weighted by Gasteiger charge is -2.29. The van der Waals surface area contributed by atoms with Crippen molar-refractivity contribution in [1.29, 1.82) is 0 Å². The van der Waals surface area contributed by atoms with E-state index in [1.807, 2.05) is 0 Å². The monoisotopic (exact) mass is 206 g/mol. The van der Waals surface area contributed by atoms with Crippen LogP contribution in [0.1, 0.15) is 41.0 Å². The number of hydrogen-bond acceptors (Lipinski definition) is 0. The van der Waals surface area contributed by atoms with Crippen LogP contribution in [0.3, 0.4) is 0 Å².